The Hall–Kier alpha value is -2.98. The van der Waals surface area contributed by atoms with Gasteiger partial charge in [-0.15, -0.1) is 0 Å². The second-order valence-electron chi connectivity index (χ2n) is 7.92. The molecule has 2 heterocycles. The molecular weight excluding hydrogens is 448 g/mol. The quantitative estimate of drug-likeness (QED) is 0.653. The van der Waals surface area contributed by atoms with E-state index in [1.807, 2.05) is 12.1 Å². The topological polar surface area (TPSA) is 103 Å². The van der Waals surface area contributed by atoms with Crippen molar-refractivity contribution in [2.45, 2.75) is 24.3 Å². The van der Waals surface area contributed by atoms with Crippen LogP contribution in [0.5, 0.6) is 23.0 Å². The zero-order valence-corrected chi connectivity index (χ0v) is 19.5. The molecule has 0 saturated carbocycles. The van der Waals surface area contributed by atoms with Crippen LogP contribution in [0, 0.1) is 5.92 Å². The molecule has 33 heavy (non-hydrogen) atoms. The van der Waals surface area contributed by atoms with E-state index in [9.17, 15) is 13.2 Å². The van der Waals surface area contributed by atoms with Crippen LogP contribution in [0.3, 0.4) is 0 Å². The molecule has 2 aromatic rings. The third kappa shape index (κ3) is 5.17. The molecule has 1 amide bonds. The molecule has 0 radical (unpaired) electrons. The summed E-state index contributed by atoms with van der Waals surface area (Å²) >= 11 is 0. The average molecular weight is 477 g/mol. The number of amides is 1. The first kappa shape index (κ1) is 23.2. The molecule has 9 nitrogen and oxygen atoms in total. The van der Waals surface area contributed by atoms with Crippen molar-refractivity contribution in [2.75, 3.05) is 40.5 Å². The highest BCUT2D eigenvalue weighted by molar-refractivity contribution is 7.89. The number of nitrogens with zero attached hydrogens (tertiary/aromatic N) is 1. The molecular formula is C23H28N2O7S. The highest BCUT2D eigenvalue weighted by atomic mass is 32.2. The van der Waals surface area contributed by atoms with Crippen LogP contribution in [0.2, 0.25) is 0 Å². The van der Waals surface area contributed by atoms with Crippen molar-refractivity contribution < 1.29 is 32.2 Å². The van der Waals surface area contributed by atoms with Gasteiger partial charge < -0.3 is 24.3 Å². The Bertz CT molecular complexity index is 1090. The van der Waals surface area contributed by atoms with Crippen LogP contribution < -0.4 is 24.3 Å². The molecule has 1 fully saturated rings. The number of nitrogens with one attached hydrogen (secondary N) is 1. The standard InChI is InChI=1S/C23H28N2O7S/c1-29-18-11-16(12-19(13-18)30-2)15-24-23(26)17-5-7-25(8-6-17)33(27,28)20-3-4-21-22(14-20)32-10-9-31-21/h3-4,11-14,17H,5-10,15H2,1-2H3,(H,24,26). The number of methoxy groups -OCH3 is 2. The van der Waals surface area contributed by atoms with Gasteiger partial charge in [-0.2, -0.15) is 4.31 Å². The molecule has 0 aromatic heterocycles. The van der Waals surface area contributed by atoms with Gasteiger partial charge in [0.1, 0.15) is 24.7 Å². The van der Waals surface area contributed by atoms with Gasteiger partial charge in [0, 0.05) is 37.7 Å². The summed E-state index contributed by atoms with van der Waals surface area (Å²) in [5.41, 5.74) is 0.859. The van der Waals surface area contributed by atoms with E-state index >= 15 is 0 Å². The Morgan fingerprint density at radius 2 is 1.64 bits per heavy atom. The number of sulfonamides is 1. The van der Waals surface area contributed by atoms with E-state index < -0.39 is 10.0 Å². The van der Waals surface area contributed by atoms with Crippen LogP contribution in [-0.4, -0.2) is 59.2 Å². The highest BCUT2D eigenvalue weighted by Gasteiger charge is 2.32. The molecule has 0 aliphatic carbocycles. The zero-order chi connectivity index (χ0) is 23.4. The fourth-order valence-electron chi connectivity index (χ4n) is 3.99. The minimum absolute atomic E-state index is 0.0897. The number of carbonyl (C=O) groups is 1. The fraction of sp³-hybridized carbons (Fsp3) is 0.435. The van der Waals surface area contributed by atoms with Gasteiger partial charge in [-0.25, -0.2) is 8.42 Å². The summed E-state index contributed by atoms with van der Waals surface area (Å²) in [6.45, 7) is 1.73. The summed E-state index contributed by atoms with van der Waals surface area (Å²) in [6.07, 6.45) is 0.911. The van der Waals surface area contributed by atoms with E-state index in [-0.39, 0.29) is 29.8 Å². The molecule has 1 saturated heterocycles. The van der Waals surface area contributed by atoms with Crippen molar-refractivity contribution in [3.05, 3.63) is 42.0 Å². The summed E-state index contributed by atoms with van der Waals surface area (Å²) in [4.78, 5) is 12.9. The number of rotatable bonds is 7. The Labute approximate surface area is 193 Å². The average Bonchev–Trinajstić information content (AvgIpc) is 2.86. The van der Waals surface area contributed by atoms with Gasteiger partial charge in [-0.05, 0) is 42.7 Å². The summed E-state index contributed by atoms with van der Waals surface area (Å²) in [5.74, 6) is 1.94. The first-order chi connectivity index (χ1) is 15.9. The molecule has 10 heteroatoms. The number of hydrogen-bond acceptors (Lipinski definition) is 7. The minimum atomic E-state index is -3.68. The van der Waals surface area contributed by atoms with Gasteiger partial charge in [0.15, 0.2) is 11.5 Å². The van der Waals surface area contributed by atoms with Crippen LogP contribution in [0.1, 0.15) is 18.4 Å². The lowest BCUT2D eigenvalue weighted by molar-refractivity contribution is -0.126. The number of hydrogen-bond donors (Lipinski definition) is 1. The normalized spacial score (nSPS) is 16.8. The lowest BCUT2D eigenvalue weighted by atomic mass is 9.97. The van der Waals surface area contributed by atoms with Crippen LogP contribution in [0.4, 0.5) is 0 Å². The number of ether oxygens (including phenoxy) is 4. The van der Waals surface area contributed by atoms with Gasteiger partial charge in [0.2, 0.25) is 15.9 Å². The molecule has 4 rings (SSSR count). The van der Waals surface area contributed by atoms with E-state index in [1.165, 1.54) is 16.4 Å². The number of fused-ring (bicyclic) bond motifs is 1. The zero-order valence-electron chi connectivity index (χ0n) is 18.7. The van der Waals surface area contributed by atoms with Crippen molar-refractivity contribution in [1.82, 2.24) is 9.62 Å². The van der Waals surface area contributed by atoms with Gasteiger partial charge in [-0.3, -0.25) is 4.79 Å². The molecule has 0 atom stereocenters. The first-order valence-electron chi connectivity index (χ1n) is 10.8. The third-order valence-corrected chi connectivity index (χ3v) is 7.75. The van der Waals surface area contributed by atoms with Crippen LogP contribution in [0.15, 0.2) is 41.3 Å². The lowest BCUT2D eigenvalue weighted by Gasteiger charge is -2.31. The molecule has 0 spiro atoms. The van der Waals surface area contributed by atoms with Crippen LogP contribution in [-0.2, 0) is 21.4 Å². The predicted octanol–water partition coefficient (Wildman–Crippen LogP) is 2.19. The third-order valence-electron chi connectivity index (χ3n) is 5.85. The highest BCUT2D eigenvalue weighted by Crippen LogP contribution is 2.34. The predicted molar refractivity (Wildman–Crippen MR) is 120 cm³/mol. The van der Waals surface area contributed by atoms with E-state index in [4.69, 9.17) is 18.9 Å². The van der Waals surface area contributed by atoms with E-state index in [0.717, 1.165) is 5.56 Å². The fourth-order valence-corrected chi connectivity index (χ4v) is 5.48. The second-order valence-corrected chi connectivity index (χ2v) is 9.86. The van der Waals surface area contributed by atoms with Gasteiger partial charge in [-0.1, -0.05) is 0 Å². The SMILES string of the molecule is COc1cc(CNC(=O)C2CCN(S(=O)(=O)c3ccc4c(c3)OCCO4)CC2)cc(OC)c1. The molecule has 0 bridgehead atoms. The molecule has 0 unspecified atom stereocenters. The monoisotopic (exact) mass is 476 g/mol. The maximum atomic E-state index is 13.1. The maximum Gasteiger partial charge on any atom is 0.243 e. The van der Waals surface area contributed by atoms with E-state index in [1.54, 1.807) is 26.4 Å². The van der Waals surface area contributed by atoms with Crippen LogP contribution in [0.25, 0.3) is 0 Å². The van der Waals surface area contributed by atoms with Crippen molar-refractivity contribution in [2.24, 2.45) is 5.92 Å². The maximum absolute atomic E-state index is 13.1. The smallest absolute Gasteiger partial charge is 0.243 e. The summed E-state index contributed by atoms with van der Waals surface area (Å²) in [6, 6.07) is 10.1. The van der Waals surface area contributed by atoms with Gasteiger partial charge in [0.05, 0.1) is 19.1 Å². The molecule has 1 N–H and O–H groups in total. The molecule has 2 aromatic carbocycles. The molecule has 2 aliphatic heterocycles. The second kappa shape index (κ2) is 9.88. The largest absolute Gasteiger partial charge is 0.497 e. The minimum Gasteiger partial charge on any atom is -0.497 e. The number of benzene rings is 2. The lowest BCUT2D eigenvalue weighted by Crippen LogP contribution is -2.42. The van der Waals surface area contributed by atoms with Gasteiger partial charge >= 0.3 is 0 Å². The van der Waals surface area contributed by atoms with Crippen molar-refractivity contribution >= 4 is 15.9 Å². The van der Waals surface area contributed by atoms with Gasteiger partial charge in [0.25, 0.3) is 0 Å². The Morgan fingerprint density at radius 3 is 2.27 bits per heavy atom. The van der Waals surface area contributed by atoms with Crippen molar-refractivity contribution in [1.29, 1.82) is 0 Å². The van der Waals surface area contributed by atoms with Crippen molar-refractivity contribution in [3.63, 3.8) is 0 Å². The molecule has 2 aliphatic rings. The number of piperidine rings is 1. The summed E-state index contributed by atoms with van der Waals surface area (Å²) in [5, 5.41) is 2.94. The Kier molecular flexibility index (Phi) is 6.94. The number of carbonyl (C=O) groups excluding carboxylic acids is 1. The first-order valence-corrected chi connectivity index (χ1v) is 12.2. The summed E-state index contributed by atoms with van der Waals surface area (Å²) in [7, 11) is -0.530. The van der Waals surface area contributed by atoms with E-state index in [2.05, 4.69) is 5.32 Å². The molecule has 178 valence electrons. The van der Waals surface area contributed by atoms with E-state index in [0.29, 0.717) is 55.6 Å². The van der Waals surface area contributed by atoms with Crippen LogP contribution >= 0.6 is 0 Å². The Morgan fingerprint density at radius 1 is 1.00 bits per heavy atom. The summed E-state index contributed by atoms with van der Waals surface area (Å²) < 4.78 is 49.1. The van der Waals surface area contributed by atoms with Crippen molar-refractivity contribution in [3.8, 4) is 23.0 Å². The Balaban J connectivity index is 1.34.